The topological polar surface area (TPSA) is 121 Å². The average Bonchev–Trinajstić information content (AvgIpc) is 3.39. The molecule has 3 atom stereocenters. The first-order valence-electron chi connectivity index (χ1n) is 12.9. The third-order valence-corrected chi connectivity index (χ3v) is 6.71. The molecule has 0 saturated heterocycles. The summed E-state index contributed by atoms with van der Waals surface area (Å²) in [5.41, 5.74) is 4.81. The molecule has 2 heterocycles. The Hall–Kier alpha value is -3.37. The number of carbonyl (C=O) groups is 2. The summed E-state index contributed by atoms with van der Waals surface area (Å²) in [4.78, 5) is 32.5. The number of furan rings is 1. The molecule has 1 aliphatic heterocycles. The highest BCUT2D eigenvalue weighted by atomic mass is 19.1. The zero-order chi connectivity index (χ0) is 27.7. The summed E-state index contributed by atoms with van der Waals surface area (Å²) >= 11 is 0. The first-order chi connectivity index (χ1) is 18.2. The van der Waals surface area contributed by atoms with E-state index in [0.29, 0.717) is 25.4 Å². The largest absolute Gasteiger partial charge is 0.468 e. The summed E-state index contributed by atoms with van der Waals surface area (Å²) in [5, 5.41) is 14.4. The fourth-order valence-electron chi connectivity index (χ4n) is 4.91. The van der Waals surface area contributed by atoms with Crippen LogP contribution >= 0.6 is 0 Å². The van der Waals surface area contributed by atoms with Crippen molar-refractivity contribution in [3.8, 4) is 0 Å². The van der Waals surface area contributed by atoms with Crippen LogP contribution in [0.3, 0.4) is 0 Å². The van der Waals surface area contributed by atoms with E-state index in [1.165, 1.54) is 18.6 Å². The van der Waals surface area contributed by atoms with Gasteiger partial charge in [-0.15, -0.1) is 0 Å². The second-order valence-corrected chi connectivity index (χ2v) is 9.63. The maximum Gasteiger partial charge on any atom is 0.255 e. The SMILES string of the molecule is CCCN(CCC)C(=O)C1=CC(C(N)=O)([C@H](Cc2cc(F)cc(F)c2)[C@@H](O)CNCc2ccco2)CN=C1. The van der Waals surface area contributed by atoms with Gasteiger partial charge in [-0.2, -0.15) is 0 Å². The van der Waals surface area contributed by atoms with E-state index in [-0.39, 0.29) is 36.6 Å². The molecule has 1 aromatic heterocycles. The summed E-state index contributed by atoms with van der Waals surface area (Å²) in [6, 6.07) is 6.56. The van der Waals surface area contributed by atoms with Crippen LogP contribution < -0.4 is 11.1 Å². The lowest BCUT2D eigenvalue weighted by atomic mass is 9.67. The predicted molar refractivity (Wildman–Crippen MR) is 140 cm³/mol. The molecule has 0 aliphatic carbocycles. The van der Waals surface area contributed by atoms with Gasteiger partial charge in [-0.1, -0.05) is 19.9 Å². The smallest absolute Gasteiger partial charge is 0.255 e. The molecule has 38 heavy (non-hydrogen) atoms. The Kier molecular flexibility index (Phi) is 10.3. The summed E-state index contributed by atoms with van der Waals surface area (Å²) < 4.78 is 33.4. The molecule has 0 bridgehead atoms. The van der Waals surface area contributed by atoms with Crippen molar-refractivity contribution in [2.45, 2.75) is 45.8 Å². The number of hydrogen-bond donors (Lipinski definition) is 3. The molecule has 206 valence electrons. The third kappa shape index (κ3) is 7.14. The first kappa shape index (κ1) is 29.2. The highest BCUT2D eigenvalue weighted by Crippen LogP contribution is 2.38. The fraction of sp³-hybridized carbons (Fsp3) is 0.464. The van der Waals surface area contributed by atoms with Gasteiger partial charge in [-0.3, -0.25) is 14.6 Å². The number of aliphatic hydroxyl groups excluding tert-OH is 1. The number of aliphatic imine (C=N–C) groups is 1. The number of aliphatic hydroxyl groups is 1. The number of halogens is 2. The molecule has 0 fully saturated rings. The first-order valence-corrected chi connectivity index (χ1v) is 12.9. The van der Waals surface area contributed by atoms with Crippen molar-refractivity contribution in [3.05, 3.63) is 71.2 Å². The molecular formula is C28H36F2N4O4. The van der Waals surface area contributed by atoms with Crippen LogP contribution in [0.15, 0.2) is 57.7 Å². The molecule has 3 rings (SSSR count). The minimum Gasteiger partial charge on any atom is -0.468 e. The van der Waals surface area contributed by atoms with E-state index in [1.54, 1.807) is 17.0 Å². The number of amides is 2. The number of nitrogens with two attached hydrogens (primary N) is 1. The molecular weight excluding hydrogens is 494 g/mol. The van der Waals surface area contributed by atoms with Gasteiger partial charge in [0.2, 0.25) is 5.91 Å². The van der Waals surface area contributed by atoms with Crippen molar-refractivity contribution in [1.82, 2.24) is 10.2 Å². The molecule has 1 aliphatic rings. The van der Waals surface area contributed by atoms with E-state index in [1.807, 2.05) is 13.8 Å². The van der Waals surface area contributed by atoms with E-state index >= 15 is 0 Å². The van der Waals surface area contributed by atoms with Crippen LogP contribution in [0.5, 0.6) is 0 Å². The van der Waals surface area contributed by atoms with Crippen LogP contribution in [0, 0.1) is 23.0 Å². The third-order valence-electron chi connectivity index (χ3n) is 6.71. The van der Waals surface area contributed by atoms with Crippen molar-refractivity contribution in [2.75, 3.05) is 26.2 Å². The maximum atomic E-state index is 14.0. The van der Waals surface area contributed by atoms with Crippen molar-refractivity contribution >= 4 is 18.0 Å². The van der Waals surface area contributed by atoms with Gasteiger partial charge in [0, 0.05) is 37.8 Å². The van der Waals surface area contributed by atoms with Crippen LogP contribution in [0.25, 0.3) is 0 Å². The van der Waals surface area contributed by atoms with Gasteiger partial charge in [0.1, 0.15) is 17.4 Å². The summed E-state index contributed by atoms with van der Waals surface area (Å²) in [7, 11) is 0. The monoisotopic (exact) mass is 530 g/mol. The molecule has 8 nitrogen and oxygen atoms in total. The second-order valence-electron chi connectivity index (χ2n) is 9.63. The molecule has 10 heteroatoms. The highest BCUT2D eigenvalue weighted by molar-refractivity contribution is 6.13. The Morgan fingerprint density at radius 1 is 1.21 bits per heavy atom. The summed E-state index contributed by atoms with van der Waals surface area (Å²) in [6.45, 7) is 5.23. The molecule has 4 N–H and O–H groups in total. The summed E-state index contributed by atoms with van der Waals surface area (Å²) in [6.07, 6.45) is 4.67. The second kappa shape index (κ2) is 13.4. The predicted octanol–water partition coefficient (Wildman–Crippen LogP) is 3.00. The van der Waals surface area contributed by atoms with Crippen LogP contribution in [0.4, 0.5) is 8.78 Å². The van der Waals surface area contributed by atoms with Gasteiger partial charge >= 0.3 is 0 Å². The van der Waals surface area contributed by atoms with Crippen molar-refractivity contribution in [2.24, 2.45) is 22.1 Å². The van der Waals surface area contributed by atoms with Crippen LogP contribution in [-0.2, 0) is 22.6 Å². The normalized spacial score (nSPS) is 18.6. The number of dihydropyridines is 1. The summed E-state index contributed by atoms with van der Waals surface area (Å²) in [5.74, 6) is -2.93. The fourth-order valence-corrected chi connectivity index (χ4v) is 4.91. The van der Waals surface area contributed by atoms with Gasteiger partial charge in [0.15, 0.2) is 0 Å². The molecule has 1 unspecified atom stereocenters. The quantitative estimate of drug-likeness (QED) is 0.347. The van der Waals surface area contributed by atoms with Crippen molar-refractivity contribution in [1.29, 1.82) is 0 Å². The standard InChI is InChI=1S/C28H36F2N4O4/c1-3-7-34(8-4-2)26(36)20-14-28(27(31)37,18-33-15-20)24(12-19-10-21(29)13-22(30)11-19)25(35)17-32-16-23-6-5-9-38-23/h5-6,9-11,13-15,24-25,32,35H,3-4,7-8,12,16-18H2,1-2H3,(H2,31,37)/t24-,25+,28?/m1/s1. The lowest BCUT2D eigenvalue weighted by molar-refractivity contribution is -0.130. The Morgan fingerprint density at radius 3 is 2.47 bits per heavy atom. The Balaban J connectivity index is 1.98. The van der Waals surface area contributed by atoms with Gasteiger partial charge in [0.05, 0.1) is 36.4 Å². The Morgan fingerprint density at radius 2 is 1.89 bits per heavy atom. The van der Waals surface area contributed by atoms with Crippen molar-refractivity contribution in [3.63, 3.8) is 0 Å². The Bertz CT molecular complexity index is 1130. The zero-order valence-corrected chi connectivity index (χ0v) is 21.8. The number of rotatable bonds is 14. The minimum absolute atomic E-state index is 0.0246. The van der Waals surface area contributed by atoms with E-state index in [0.717, 1.165) is 31.0 Å². The van der Waals surface area contributed by atoms with Gasteiger partial charge in [-0.25, -0.2) is 8.78 Å². The van der Waals surface area contributed by atoms with Gasteiger partial charge in [0.25, 0.3) is 5.91 Å². The van der Waals surface area contributed by atoms with E-state index in [2.05, 4.69) is 10.3 Å². The van der Waals surface area contributed by atoms with E-state index in [9.17, 15) is 23.5 Å². The number of nitrogens with zero attached hydrogens (tertiary/aromatic N) is 2. The maximum absolute atomic E-state index is 14.0. The number of carbonyl (C=O) groups excluding carboxylic acids is 2. The average molecular weight is 531 g/mol. The van der Waals surface area contributed by atoms with E-state index in [4.69, 9.17) is 10.2 Å². The lowest BCUT2D eigenvalue weighted by Gasteiger charge is -2.40. The molecule has 0 saturated carbocycles. The molecule has 2 amide bonds. The van der Waals surface area contributed by atoms with Crippen molar-refractivity contribution < 1.29 is 27.9 Å². The van der Waals surface area contributed by atoms with Crippen LogP contribution in [-0.4, -0.2) is 60.3 Å². The minimum atomic E-state index is -1.57. The molecule has 0 spiro atoms. The molecule has 0 radical (unpaired) electrons. The zero-order valence-electron chi connectivity index (χ0n) is 21.8. The number of benzene rings is 1. The molecule has 2 aromatic rings. The number of primary amides is 1. The van der Waals surface area contributed by atoms with Gasteiger partial charge in [-0.05, 0) is 49.1 Å². The Labute approximate surface area is 221 Å². The van der Waals surface area contributed by atoms with Crippen LogP contribution in [0.1, 0.15) is 38.0 Å². The van der Waals surface area contributed by atoms with E-state index < -0.39 is 35.0 Å². The lowest BCUT2D eigenvalue weighted by Crippen LogP contribution is -2.53. The van der Waals surface area contributed by atoms with Crippen LogP contribution in [0.2, 0.25) is 0 Å². The highest BCUT2D eigenvalue weighted by Gasteiger charge is 2.47. The number of hydrogen-bond acceptors (Lipinski definition) is 6. The number of nitrogens with one attached hydrogen (secondary N) is 1. The van der Waals surface area contributed by atoms with Gasteiger partial charge < -0.3 is 25.5 Å². The molecule has 1 aromatic carbocycles.